The lowest BCUT2D eigenvalue weighted by Gasteiger charge is -2.18. The number of nitrogens with one attached hydrogen (secondary N) is 1. The van der Waals surface area contributed by atoms with E-state index in [-0.39, 0.29) is 6.04 Å². The third-order valence-electron chi connectivity index (χ3n) is 3.35. The van der Waals surface area contributed by atoms with Crippen molar-refractivity contribution in [2.45, 2.75) is 19.9 Å². The fourth-order valence-electron chi connectivity index (χ4n) is 2.16. The summed E-state index contributed by atoms with van der Waals surface area (Å²) >= 11 is 0. The Labute approximate surface area is 119 Å². The number of rotatable bonds is 4. The molecule has 102 valence electrons. The van der Waals surface area contributed by atoms with Gasteiger partial charge in [0.1, 0.15) is 11.8 Å². The highest BCUT2D eigenvalue weighted by atomic mass is 16.5. The Morgan fingerprint density at radius 1 is 1.20 bits per heavy atom. The maximum absolute atomic E-state index is 9.25. The maximum atomic E-state index is 9.25. The van der Waals surface area contributed by atoms with Gasteiger partial charge in [0.25, 0.3) is 0 Å². The van der Waals surface area contributed by atoms with Crippen molar-refractivity contribution in [3.8, 4) is 11.8 Å². The fourth-order valence-corrected chi connectivity index (χ4v) is 2.16. The smallest absolute Gasteiger partial charge is 0.119 e. The van der Waals surface area contributed by atoms with Crippen LogP contribution in [-0.4, -0.2) is 7.11 Å². The summed E-state index contributed by atoms with van der Waals surface area (Å²) < 4.78 is 5.24. The van der Waals surface area contributed by atoms with Gasteiger partial charge in [0.15, 0.2) is 0 Å². The molecule has 0 aliphatic rings. The quantitative estimate of drug-likeness (QED) is 0.908. The second kappa shape index (κ2) is 6.12. The lowest BCUT2D eigenvalue weighted by molar-refractivity contribution is 0.414. The Morgan fingerprint density at radius 3 is 2.65 bits per heavy atom. The van der Waals surface area contributed by atoms with Crippen LogP contribution in [0.15, 0.2) is 42.5 Å². The second-order valence-electron chi connectivity index (χ2n) is 4.75. The molecule has 0 saturated carbocycles. The molecule has 2 aromatic rings. The van der Waals surface area contributed by atoms with E-state index in [9.17, 15) is 5.26 Å². The zero-order valence-electron chi connectivity index (χ0n) is 12.0. The summed E-state index contributed by atoms with van der Waals surface area (Å²) in [6.45, 7) is 4.01. The van der Waals surface area contributed by atoms with Gasteiger partial charge in [-0.15, -0.1) is 0 Å². The SMILES string of the molecule is COc1cccc(C(C)Nc2cccc(C)c2C#N)c1. The van der Waals surface area contributed by atoms with Crippen molar-refractivity contribution in [3.63, 3.8) is 0 Å². The van der Waals surface area contributed by atoms with Crippen LogP contribution < -0.4 is 10.1 Å². The predicted octanol–water partition coefficient (Wildman–Crippen LogP) is 4.05. The van der Waals surface area contributed by atoms with Crippen LogP contribution in [0.2, 0.25) is 0 Å². The molecule has 0 aromatic heterocycles. The molecular weight excluding hydrogens is 248 g/mol. The normalized spacial score (nSPS) is 11.5. The van der Waals surface area contributed by atoms with Crippen LogP contribution in [0.25, 0.3) is 0 Å². The van der Waals surface area contributed by atoms with E-state index in [0.29, 0.717) is 5.56 Å². The van der Waals surface area contributed by atoms with Gasteiger partial charge in [0.2, 0.25) is 0 Å². The number of methoxy groups -OCH3 is 1. The number of aryl methyl sites for hydroxylation is 1. The number of benzene rings is 2. The zero-order chi connectivity index (χ0) is 14.5. The van der Waals surface area contributed by atoms with Gasteiger partial charge in [-0.2, -0.15) is 5.26 Å². The molecule has 1 N–H and O–H groups in total. The first-order chi connectivity index (χ1) is 9.65. The largest absolute Gasteiger partial charge is 0.497 e. The van der Waals surface area contributed by atoms with Crippen LogP contribution in [0.4, 0.5) is 5.69 Å². The van der Waals surface area contributed by atoms with Crippen molar-refractivity contribution in [1.29, 1.82) is 5.26 Å². The third-order valence-corrected chi connectivity index (χ3v) is 3.35. The minimum atomic E-state index is 0.0963. The molecule has 0 bridgehead atoms. The van der Waals surface area contributed by atoms with Crippen molar-refractivity contribution < 1.29 is 4.74 Å². The lowest BCUT2D eigenvalue weighted by Crippen LogP contribution is -2.08. The van der Waals surface area contributed by atoms with Crippen LogP contribution in [0.5, 0.6) is 5.75 Å². The van der Waals surface area contributed by atoms with E-state index in [2.05, 4.69) is 18.3 Å². The molecule has 2 aromatic carbocycles. The van der Waals surface area contributed by atoms with Crippen molar-refractivity contribution in [2.24, 2.45) is 0 Å². The van der Waals surface area contributed by atoms with Gasteiger partial charge < -0.3 is 10.1 Å². The molecule has 3 heteroatoms. The maximum Gasteiger partial charge on any atom is 0.119 e. The summed E-state index contributed by atoms with van der Waals surface area (Å²) in [6, 6.07) is 16.1. The number of anilines is 1. The van der Waals surface area contributed by atoms with E-state index < -0.39 is 0 Å². The molecule has 0 fully saturated rings. The topological polar surface area (TPSA) is 45.0 Å². The molecular formula is C17H18N2O. The lowest BCUT2D eigenvalue weighted by atomic mass is 10.0. The number of nitriles is 1. The predicted molar refractivity (Wildman–Crippen MR) is 80.9 cm³/mol. The van der Waals surface area contributed by atoms with E-state index in [1.807, 2.05) is 49.4 Å². The van der Waals surface area contributed by atoms with E-state index in [0.717, 1.165) is 22.6 Å². The first-order valence-electron chi connectivity index (χ1n) is 6.56. The molecule has 0 aliphatic heterocycles. The monoisotopic (exact) mass is 266 g/mol. The van der Waals surface area contributed by atoms with Gasteiger partial charge >= 0.3 is 0 Å². The molecule has 0 spiro atoms. The second-order valence-corrected chi connectivity index (χ2v) is 4.75. The minimum absolute atomic E-state index is 0.0963. The highest BCUT2D eigenvalue weighted by Crippen LogP contribution is 2.25. The highest BCUT2D eigenvalue weighted by Gasteiger charge is 2.10. The molecule has 0 radical (unpaired) electrons. The minimum Gasteiger partial charge on any atom is -0.497 e. The molecule has 3 nitrogen and oxygen atoms in total. The third kappa shape index (κ3) is 2.92. The van der Waals surface area contributed by atoms with E-state index >= 15 is 0 Å². The molecule has 0 aliphatic carbocycles. The zero-order valence-corrected chi connectivity index (χ0v) is 12.0. The van der Waals surface area contributed by atoms with Gasteiger partial charge in [-0.25, -0.2) is 0 Å². The Hall–Kier alpha value is -2.47. The summed E-state index contributed by atoms with van der Waals surface area (Å²) in [5.41, 5.74) is 3.66. The molecule has 20 heavy (non-hydrogen) atoms. The van der Waals surface area contributed by atoms with Gasteiger partial charge in [-0.05, 0) is 43.2 Å². The molecule has 0 heterocycles. The van der Waals surface area contributed by atoms with Gasteiger partial charge in [-0.3, -0.25) is 0 Å². The number of ether oxygens (including phenoxy) is 1. The molecule has 0 saturated heterocycles. The van der Waals surface area contributed by atoms with Gasteiger partial charge in [0, 0.05) is 6.04 Å². The highest BCUT2D eigenvalue weighted by molar-refractivity contribution is 5.61. The van der Waals surface area contributed by atoms with Crippen LogP contribution in [0.3, 0.4) is 0 Å². The molecule has 2 rings (SSSR count). The number of hydrogen-bond acceptors (Lipinski definition) is 3. The summed E-state index contributed by atoms with van der Waals surface area (Å²) in [7, 11) is 1.66. The fraction of sp³-hybridized carbons (Fsp3) is 0.235. The van der Waals surface area contributed by atoms with Crippen LogP contribution >= 0.6 is 0 Å². The standard InChI is InChI=1S/C17H18N2O/c1-12-6-4-9-17(16(12)11-18)19-13(2)14-7-5-8-15(10-14)20-3/h4-10,13,19H,1-3H3. The molecule has 0 amide bonds. The van der Waals surface area contributed by atoms with E-state index in [4.69, 9.17) is 4.74 Å². The summed E-state index contributed by atoms with van der Waals surface area (Å²) in [5, 5.41) is 12.6. The summed E-state index contributed by atoms with van der Waals surface area (Å²) in [4.78, 5) is 0. The number of nitrogens with zero attached hydrogens (tertiary/aromatic N) is 1. The van der Waals surface area contributed by atoms with Crippen molar-refractivity contribution in [3.05, 3.63) is 59.2 Å². The van der Waals surface area contributed by atoms with Crippen molar-refractivity contribution in [2.75, 3.05) is 12.4 Å². The van der Waals surface area contributed by atoms with Crippen LogP contribution in [0.1, 0.15) is 29.7 Å². The Balaban J connectivity index is 2.26. The van der Waals surface area contributed by atoms with Crippen LogP contribution in [-0.2, 0) is 0 Å². The summed E-state index contributed by atoms with van der Waals surface area (Å²) in [5.74, 6) is 0.834. The Morgan fingerprint density at radius 2 is 1.95 bits per heavy atom. The van der Waals surface area contributed by atoms with E-state index in [1.54, 1.807) is 7.11 Å². The van der Waals surface area contributed by atoms with Crippen molar-refractivity contribution in [1.82, 2.24) is 0 Å². The molecule has 1 unspecified atom stereocenters. The average molecular weight is 266 g/mol. The molecule has 1 atom stereocenters. The first-order valence-corrected chi connectivity index (χ1v) is 6.56. The number of hydrogen-bond donors (Lipinski definition) is 1. The Bertz CT molecular complexity index is 644. The van der Waals surface area contributed by atoms with E-state index in [1.165, 1.54) is 0 Å². The van der Waals surface area contributed by atoms with Gasteiger partial charge in [0.05, 0.1) is 18.4 Å². The van der Waals surface area contributed by atoms with Crippen LogP contribution in [0, 0.1) is 18.3 Å². The van der Waals surface area contributed by atoms with Crippen molar-refractivity contribution >= 4 is 5.69 Å². The summed E-state index contributed by atoms with van der Waals surface area (Å²) in [6.07, 6.45) is 0. The average Bonchev–Trinajstić information content (AvgIpc) is 2.47. The first kappa shape index (κ1) is 14.0. The van der Waals surface area contributed by atoms with Gasteiger partial charge in [-0.1, -0.05) is 24.3 Å². The Kier molecular flexibility index (Phi) is 4.27.